The van der Waals surface area contributed by atoms with Crippen LogP contribution in [0.2, 0.25) is 0 Å². The molecule has 0 aliphatic rings. The molecule has 3 N–H and O–H groups in total. The Bertz CT molecular complexity index is 543. The van der Waals surface area contributed by atoms with E-state index < -0.39 is 10.2 Å². The maximum absolute atomic E-state index is 11.7. The standard InChI is InChI=1S/C11H17N3O4S/c1-9(13-15)10-4-3-5-11(8-10)14-19(16,17)12-6-7-18-2/h3-5,8,12,14-15H,6-7H2,1-2H3/b13-9+. The summed E-state index contributed by atoms with van der Waals surface area (Å²) >= 11 is 0. The fourth-order valence-corrected chi connectivity index (χ4v) is 2.20. The molecule has 0 fully saturated rings. The van der Waals surface area contributed by atoms with Crippen molar-refractivity contribution in [3.63, 3.8) is 0 Å². The van der Waals surface area contributed by atoms with Gasteiger partial charge < -0.3 is 9.94 Å². The van der Waals surface area contributed by atoms with Crippen LogP contribution in [0.1, 0.15) is 12.5 Å². The molecule has 0 atom stereocenters. The number of nitrogens with zero attached hydrogens (tertiary/aromatic N) is 1. The van der Waals surface area contributed by atoms with Crippen LogP contribution in [0.5, 0.6) is 0 Å². The van der Waals surface area contributed by atoms with E-state index in [2.05, 4.69) is 14.6 Å². The SMILES string of the molecule is COCCNS(=O)(=O)Nc1cccc(/C(C)=N/O)c1. The monoisotopic (exact) mass is 287 g/mol. The molecule has 0 aliphatic heterocycles. The molecule has 0 radical (unpaired) electrons. The summed E-state index contributed by atoms with van der Waals surface area (Å²) in [5.74, 6) is 0. The summed E-state index contributed by atoms with van der Waals surface area (Å²) in [6.07, 6.45) is 0. The zero-order chi connectivity index (χ0) is 14.3. The Morgan fingerprint density at radius 2 is 2.21 bits per heavy atom. The van der Waals surface area contributed by atoms with Crippen LogP contribution in [0.15, 0.2) is 29.4 Å². The van der Waals surface area contributed by atoms with Gasteiger partial charge in [-0.05, 0) is 19.1 Å². The van der Waals surface area contributed by atoms with Gasteiger partial charge in [-0.1, -0.05) is 17.3 Å². The summed E-state index contributed by atoms with van der Waals surface area (Å²) in [5, 5.41) is 11.7. The molecule has 0 unspecified atom stereocenters. The lowest BCUT2D eigenvalue weighted by molar-refractivity contribution is 0.204. The summed E-state index contributed by atoms with van der Waals surface area (Å²) in [7, 11) is -2.15. The molecule has 0 bridgehead atoms. The van der Waals surface area contributed by atoms with Crippen LogP contribution in [0.3, 0.4) is 0 Å². The van der Waals surface area contributed by atoms with Gasteiger partial charge >= 0.3 is 0 Å². The molecule has 106 valence electrons. The van der Waals surface area contributed by atoms with Crippen LogP contribution < -0.4 is 9.44 Å². The van der Waals surface area contributed by atoms with E-state index in [-0.39, 0.29) is 13.2 Å². The molecule has 1 rings (SSSR count). The van der Waals surface area contributed by atoms with Crippen LogP contribution in [-0.4, -0.2) is 39.6 Å². The second-order valence-electron chi connectivity index (χ2n) is 3.76. The molecule has 0 aromatic heterocycles. The minimum absolute atomic E-state index is 0.183. The second-order valence-corrected chi connectivity index (χ2v) is 5.26. The summed E-state index contributed by atoms with van der Waals surface area (Å²) in [5.41, 5.74) is 1.40. The lowest BCUT2D eigenvalue weighted by atomic mass is 10.1. The minimum atomic E-state index is -3.64. The Morgan fingerprint density at radius 3 is 2.84 bits per heavy atom. The molecule has 0 heterocycles. The van der Waals surface area contributed by atoms with Gasteiger partial charge in [0.1, 0.15) is 0 Å². The molecular formula is C11H17N3O4S. The quantitative estimate of drug-likeness (QED) is 0.298. The van der Waals surface area contributed by atoms with Gasteiger partial charge in [0.15, 0.2) is 0 Å². The number of methoxy groups -OCH3 is 1. The van der Waals surface area contributed by atoms with E-state index in [1.165, 1.54) is 7.11 Å². The predicted octanol–water partition coefficient (Wildman–Crippen LogP) is 0.777. The summed E-state index contributed by atoms with van der Waals surface area (Å²) in [6.45, 7) is 2.09. The Balaban J connectivity index is 2.77. The molecule has 0 saturated heterocycles. The highest BCUT2D eigenvalue weighted by molar-refractivity contribution is 7.90. The van der Waals surface area contributed by atoms with Crippen molar-refractivity contribution < 1.29 is 18.4 Å². The number of benzene rings is 1. The third-order valence-electron chi connectivity index (χ3n) is 2.28. The first kappa shape index (κ1) is 15.4. The van der Waals surface area contributed by atoms with E-state index >= 15 is 0 Å². The van der Waals surface area contributed by atoms with Crippen LogP contribution in [0.25, 0.3) is 0 Å². The number of hydrogen-bond donors (Lipinski definition) is 3. The zero-order valence-corrected chi connectivity index (χ0v) is 11.6. The third kappa shape index (κ3) is 5.25. The molecule has 7 nitrogen and oxygen atoms in total. The molecule has 19 heavy (non-hydrogen) atoms. The van der Waals surface area contributed by atoms with Crippen molar-refractivity contribution in [3.05, 3.63) is 29.8 Å². The lowest BCUT2D eigenvalue weighted by Crippen LogP contribution is -2.32. The molecule has 0 amide bonds. The van der Waals surface area contributed by atoms with Gasteiger partial charge in [-0.25, -0.2) is 0 Å². The van der Waals surface area contributed by atoms with Gasteiger partial charge in [0.25, 0.3) is 10.2 Å². The number of ether oxygens (including phenoxy) is 1. The van der Waals surface area contributed by atoms with E-state index in [1.807, 2.05) is 0 Å². The third-order valence-corrected chi connectivity index (χ3v) is 3.37. The van der Waals surface area contributed by atoms with Crippen LogP contribution in [0.4, 0.5) is 5.69 Å². The number of oxime groups is 1. The van der Waals surface area contributed by atoms with Gasteiger partial charge in [0.05, 0.1) is 18.0 Å². The van der Waals surface area contributed by atoms with Crippen molar-refractivity contribution in [1.29, 1.82) is 0 Å². The summed E-state index contributed by atoms with van der Waals surface area (Å²) in [4.78, 5) is 0. The molecule has 0 saturated carbocycles. The first-order valence-corrected chi connectivity index (χ1v) is 7.02. The summed E-state index contributed by atoms with van der Waals surface area (Å²) in [6, 6.07) is 6.55. The van der Waals surface area contributed by atoms with Crippen LogP contribution >= 0.6 is 0 Å². The topological polar surface area (TPSA) is 100 Å². The number of anilines is 1. The number of rotatable bonds is 7. The van der Waals surface area contributed by atoms with Crippen LogP contribution in [0, 0.1) is 0 Å². The molecule has 0 aliphatic carbocycles. The average molecular weight is 287 g/mol. The van der Waals surface area contributed by atoms with Gasteiger partial charge in [0, 0.05) is 19.2 Å². The smallest absolute Gasteiger partial charge is 0.299 e. The molecule has 0 spiro atoms. The van der Waals surface area contributed by atoms with Crippen molar-refractivity contribution in [3.8, 4) is 0 Å². The maximum Gasteiger partial charge on any atom is 0.299 e. The van der Waals surface area contributed by atoms with E-state index in [0.717, 1.165) is 0 Å². The van der Waals surface area contributed by atoms with Crippen molar-refractivity contribution in [2.45, 2.75) is 6.92 Å². The number of nitrogens with one attached hydrogen (secondary N) is 2. The van der Waals surface area contributed by atoms with Gasteiger partial charge in [-0.15, -0.1) is 0 Å². The average Bonchev–Trinajstić information content (AvgIpc) is 2.37. The van der Waals surface area contributed by atoms with Crippen molar-refractivity contribution in [2.75, 3.05) is 25.0 Å². The molecular weight excluding hydrogens is 270 g/mol. The van der Waals surface area contributed by atoms with E-state index in [0.29, 0.717) is 17.0 Å². The van der Waals surface area contributed by atoms with Gasteiger partial charge in [0.2, 0.25) is 0 Å². The fraction of sp³-hybridized carbons (Fsp3) is 0.364. The number of hydrogen-bond acceptors (Lipinski definition) is 5. The van der Waals surface area contributed by atoms with Gasteiger partial charge in [-0.3, -0.25) is 4.72 Å². The maximum atomic E-state index is 11.7. The normalized spacial score (nSPS) is 12.4. The van der Waals surface area contributed by atoms with Crippen molar-refractivity contribution >= 4 is 21.6 Å². The predicted molar refractivity (Wildman–Crippen MR) is 72.9 cm³/mol. The summed E-state index contributed by atoms with van der Waals surface area (Å²) < 4.78 is 32.8. The van der Waals surface area contributed by atoms with E-state index in [4.69, 9.17) is 9.94 Å². The van der Waals surface area contributed by atoms with Crippen LogP contribution in [-0.2, 0) is 14.9 Å². The van der Waals surface area contributed by atoms with Gasteiger partial charge in [-0.2, -0.15) is 13.1 Å². The molecule has 1 aromatic carbocycles. The van der Waals surface area contributed by atoms with Crippen molar-refractivity contribution in [1.82, 2.24) is 4.72 Å². The minimum Gasteiger partial charge on any atom is -0.411 e. The zero-order valence-electron chi connectivity index (χ0n) is 10.8. The first-order chi connectivity index (χ1) is 8.98. The lowest BCUT2D eigenvalue weighted by Gasteiger charge is -2.10. The largest absolute Gasteiger partial charge is 0.411 e. The Hall–Kier alpha value is -1.64. The van der Waals surface area contributed by atoms with E-state index in [1.54, 1.807) is 31.2 Å². The molecule has 1 aromatic rings. The van der Waals surface area contributed by atoms with Crippen molar-refractivity contribution in [2.24, 2.45) is 5.16 Å². The highest BCUT2D eigenvalue weighted by Gasteiger charge is 2.09. The highest BCUT2D eigenvalue weighted by Crippen LogP contribution is 2.12. The first-order valence-electron chi connectivity index (χ1n) is 5.54. The fourth-order valence-electron chi connectivity index (χ4n) is 1.33. The highest BCUT2D eigenvalue weighted by atomic mass is 32.2. The van der Waals surface area contributed by atoms with E-state index in [9.17, 15) is 8.42 Å². The Morgan fingerprint density at radius 1 is 1.47 bits per heavy atom. The Labute approximate surface area is 112 Å². The Kier molecular flexibility index (Phi) is 5.74. The molecule has 8 heteroatoms. The second kappa shape index (κ2) is 7.07.